The number of rotatable bonds is 9. The molecule has 1 aliphatic carbocycles. The molecule has 3 aliphatic heterocycles. The highest BCUT2D eigenvalue weighted by Gasteiger charge is 2.49. The summed E-state index contributed by atoms with van der Waals surface area (Å²) in [5.74, 6) is -4.04. The summed E-state index contributed by atoms with van der Waals surface area (Å²) in [5.41, 5.74) is 0.518. The minimum Gasteiger partial charge on any atom is -0.495 e. The number of benzene rings is 1. The minimum absolute atomic E-state index is 0.0847. The molecule has 0 spiro atoms. The molecule has 4 aliphatic rings. The van der Waals surface area contributed by atoms with Crippen molar-refractivity contribution in [3.05, 3.63) is 30.0 Å². The van der Waals surface area contributed by atoms with E-state index in [1.807, 2.05) is 25.7 Å². The second-order valence-corrected chi connectivity index (χ2v) is 15.5. The highest BCUT2D eigenvalue weighted by molar-refractivity contribution is 6.02. The zero-order valence-electron chi connectivity index (χ0n) is 31.1. The largest absolute Gasteiger partial charge is 0.495 e. The van der Waals surface area contributed by atoms with Gasteiger partial charge in [0.05, 0.1) is 25.5 Å². The molecular weight excluding hydrogens is 690 g/mol. The normalized spacial score (nSPS) is 19.7. The average molecular weight is 741 g/mol. The molecule has 2 aromatic rings. The first-order valence-electron chi connectivity index (χ1n) is 18.4. The molecular formula is C37H50F2N8O6. The number of fused-ring (bicyclic) bond motifs is 1. The Labute approximate surface area is 308 Å². The lowest BCUT2D eigenvalue weighted by Crippen LogP contribution is -2.52. The molecule has 1 aromatic heterocycles. The van der Waals surface area contributed by atoms with Crippen molar-refractivity contribution in [1.29, 1.82) is 0 Å². The number of nitrogens with one attached hydrogen (secondary N) is 2. The number of likely N-dealkylation sites (tertiary alicyclic amines) is 2. The van der Waals surface area contributed by atoms with Crippen LogP contribution in [0, 0.1) is 5.92 Å². The van der Waals surface area contributed by atoms with Crippen molar-refractivity contribution in [3.63, 3.8) is 0 Å². The lowest BCUT2D eigenvalue weighted by atomic mass is 9.94. The van der Waals surface area contributed by atoms with Gasteiger partial charge in [0.25, 0.3) is 11.8 Å². The Morgan fingerprint density at radius 2 is 1.74 bits per heavy atom. The number of carbonyl (C=O) groups excluding carboxylic acids is 4. The standard InChI is InChI=1S/C37H50F2N8O6/c1-36(2,3)53-35(51)46-20-23(21-46)10-13-30(48)45-16-14-25(15-17-45)41-32(49)24-11-12-27(29(18-24)52-5)42-34-40-19-28-31(43-34)47(26-8-6-7-9-26)22-37(38,39)33(50)44(28)4/h11-12,18-19,23,25-26H,6-10,13-17,20-22H2,1-5H3,(H,41,49)(H,40,42,43). The van der Waals surface area contributed by atoms with Crippen LogP contribution in [0.25, 0.3) is 0 Å². The van der Waals surface area contributed by atoms with E-state index in [0.717, 1.165) is 37.0 Å². The van der Waals surface area contributed by atoms with Crippen LogP contribution in [0.15, 0.2) is 24.4 Å². The fourth-order valence-corrected chi connectivity index (χ4v) is 7.42. The van der Waals surface area contributed by atoms with Gasteiger partial charge in [0.1, 0.15) is 17.0 Å². The summed E-state index contributed by atoms with van der Waals surface area (Å²) >= 11 is 0. The second-order valence-electron chi connectivity index (χ2n) is 15.5. The zero-order valence-corrected chi connectivity index (χ0v) is 31.1. The van der Waals surface area contributed by atoms with E-state index in [1.165, 1.54) is 20.4 Å². The van der Waals surface area contributed by atoms with Crippen molar-refractivity contribution in [2.45, 2.75) is 95.7 Å². The van der Waals surface area contributed by atoms with Crippen LogP contribution in [0.4, 0.5) is 36.7 Å². The summed E-state index contributed by atoms with van der Waals surface area (Å²) in [7, 11) is 2.78. The van der Waals surface area contributed by atoms with Crippen molar-refractivity contribution in [2.75, 3.05) is 62.0 Å². The van der Waals surface area contributed by atoms with Crippen molar-refractivity contribution in [1.82, 2.24) is 25.1 Å². The van der Waals surface area contributed by atoms with Gasteiger partial charge in [0, 0.05) is 57.3 Å². The Hall–Kier alpha value is -4.76. The van der Waals surface area contributed by atoms with Gasteiger partial charge in [0.2, 0.25) is 11.9 Å². The maximum absolute atomic E-state index is 15.0. The zero-order chi connectivity index (χ0) is 38.1. The van der Waals surface area contributed by atoms with Gasteiger partial charge >= 0.3 is 12.0 Å². The maximum Gasteiger partial charge on any atom is 0.410 e. The molecule has 4 amide bonds. The Morgan fingerprint density at radius 3 is 2.40 bits per heavy atom. The topological polar surface area (TPSA) is 150 Å². The van der Waals surface area contributed by atoms with E-state index in [9.17, 15) is 28.0 Å². The summed E-state index contributed by atoms with van der Waals surface area (Å²) < 4.78 is 40.9. The summed E-state index contributed by atoms with van der Waals surface area (Å²) in [4.78, 5) is 65.9. The Balaban J connectivity index is 1.02. The second kappa shape index (κ2) is 15.3. The molecule has 2 N–H and O–H groups in total. The number of aromatic nitrogens is 2. The molecule has 16 heteroatoms. The number of halogens is 2. The molecule has 1 saturated carbocycles. The van der Waals surface area contributed by atoms with E-state index >= 15 is 0 Å². The summed E-state index contributed by atoms with van der Waals surface area (Å²) in [6.45, 7) is 7.05. The smallest absolute Gasteiger partial charge is 0.410 e. The van der Waals surface area contributed by atoms with Gasteiger partial charge in [-0.25, -0.2) is 9.78 Å². The molecule has 0 bridgehead atoms. The van der Waals surface area contributed by atoms with Gasteiger partial charge in [-0.3, -0.25) is 14.4 Å². The summed E-state index contributed by atoms with van der Waals surface area (Å²) in [6, 6.07) is 4.64. The third kappa shape index (κ3) is 8.73. The van der Waals surface area contributed by atoms with Crippen LogP contribution in [0.3, 0.4) is 0 Å². The lowest BCUT2D eigenvalue weighted by molar-refractivity contribution is -0.140. The SMILES string of the molecule is COc1cc(C(=O)NC2CCN(C(=O)CCC3CN(C(=O)OC(C)(C)C)C3)CC2)ccc1Nc1ncc2c(n1)N(C1CCCC1)CC(F)(F)C(=O)N2C. The van der Waals surface area contributed by atoms with Crippen LogP contribution in [0.2, 0.25) is 0 Å². The van der Waals surface area contributed by atoms with E-state index in [0.29, 0.717) is 62.4 Å². The van der Waals surface area contributed by atoms with E-state index in [2.05, 4.69) is 20.6 Å². The molecule has 0 radical (unpaired) electrons. The lowest BCUT2D eigenvalue weighted by Gasteiger charge is -2.40. The molecule has 1 aromatic carbocycles. The average Bonchev–Trinajstić information content (AvgIpc) is 3.62. The first kappa shape index (κ1) is 38.0. The first-order chi connectivity index (χ1) is 25.1. The number of carbonyl (C=O) groups is 4. The van der Waals surface area contributed by atoms with Gasteiger partial charge in [0.15, 0.2) is 5.82 Å². The number of alkyl halides is 2. The number of anilines is 4. The van der Waals surface area contributed by atoms with Crippen molar-refractivity contribution < 1.29 is 37.4 Å². The van der Waals surface area contributed by atoms with Crippen molar-refractivity contribution in [2.24, 2.45) is 5.92 Å². The number of hydrogen-bond donors (Lipinski definition) is 2. The number of amides is 4. The molecule has 0 atom stereocenters. The van der Waals surface area contributed by atoms with Crippen LogP contribution >= 0.6 is 0 Å². The predicted molar refractivity (Wildman–Crippen MR) is 194 cm³/mol. The molecule has 14 nitrogen and oxygen atoms in total. The Bertz CT molecular complexity index is 1700. The van der Waals surface area contributed by atoms with Crippen molar-refractivity contribution >= 4 is 47.0 Å². The first-order valence-corrected chi connectivity index (χ1v) is 18.4. The molecule has 6 rings (SSSR count). The number of nitrogens with zero attached hydrogens (tertiary/aromatic N) is 6. The van der Waals surface area contributed by atoms with Crippen LogP contribution in [0.1, 0.15) is 82.5 Å². The predicted octanol–water partition coefficient (Wildman–Crippen LogP) is 4.96. The summed E-state index contributed by atoms with van der Waals surface area (Å²) in [5, 5.41) is 6.17. The monoisotopic (exact) mass is 740 g/mol. The van der Waals surface area contributed by atoms with Gasteiger partial charge < -0.3 is 39.7 Å². The number of hydrogen-bond acceptors (Lipinski definition) is 10. The van der Waals surface area contributed by atoms with Crippen LogP contribution in [-0.4, -0.2) is 114 Å². The number of ether oxygens (including phenoxy) is 2. The van der Waals surface area contributed by atoms with E-state index in [4.69, 9.17) is 9.47 Å². The molecule has 288 valence electrons. The molecule has 53 heavy (non-hydrogen) atoms. The highest BCUT2D eigenvalue weighted by atomic mass is 19.3. The van der Waals surface area contributed by atoms with E-state index < -0.39 is 24.0 Å². The molecule has 4 heterocycles. The van der Waals surface area contributed by atoms with Crippen LogP contribution < -0.4 is 25.2 Å². The quantitative estimate of drug-likeness (QED) is 0.362. The fourth-order valence-electron chi connectivity index (χ4n) is 7.42. The van der Waals surface area contributed by atoms with Gasteiger partial charge in [-0.2, -0.15) is 13.8 Å². The minimum atomic E-state index is -3.58. The highest BCUT2D eigenvalue weighted by Crippen LogP contribution is 2.40. The fraction of sp³-hybridized carbons (Fsp3) is 0.622. The number of piperidine rings is 1. The summed E-state index contributed by atoms with van der Waals surface area (Å²) in [6.07, 6.45) is 6.74. The van der Waals surface area contributed by atoms with Gasteiger partial charge in [-0.1, -0.05) is 12.8 Å². The molecule has 3 fully saturated rings. The van der Waals surface area contributed by atoms with Crippen LogP contribution in [-0.2, 0) is 14.3 Å². The van der Waals surface area contributed by atoms with Crippen molar-refractivity contribution in [3.8, 4) is 5.75 Å². The van der Waals surface area contributed by atoms with E-state index in [-0.39, 0.29) is 53.4 Å². The Kier molecular flexibility index (Phi) is 11.0. The third-order valence-electron chi connectivity index (χ3n) is 10.4. The van der Waals surface area contributed by atoms with Gasteiger partial charge in [-0.05, 0) is 77.0 Å². The van der Waals surface area contributed by atoms with E-state index in [1.54, 1.807) is 28.0 Å². The molecule has 0 unspecified atom stereocenters. The maximum atomic E-state index is 15.0. The van der Waals surface area contributed by atoms with Crippen LogP contribution in [0.5, 0.6) is 5.75 Å². The van der Waals surface area contributed by atoms with Gasteiger partial charge in [-0.15, -0.1) is 0 Å². The third-order valence-corrected chi connectivity index (χ3v) is 10.4. The number of methoxy groups -OCH3 is 1. The molecule has 2 saturated heterocycles. The Morgan fingerprint density at radius 1 is 1.04 bits per heavy atom.